The smallest absolute Gasteiger partial charge is 0.256 e. The van der Waals surface area contributed by atoms with Gasteiger partial charge in [0.25, 0.3) is 5.91 Å². The highest BCUT2D eigenvalue weighted by atomic mass is 32.1. The third kappa shape index (κ3) is 4.82. The first-order valence-corrected chi connectivity index (χ1v) is 11.7. The summed E-state index contributed by atoms with van der Waals surface area (Å²) in [4.78, 5) is 26.6. The van der Waals surface area contributed by atoms with E-state index in [2.05, 4.69) is 30.7 Å². The molecule has 5 aromatic rings. The second-order valence-corrected chi connectivity index (χ2v) is 9.06. The fraction of sp³-hybridized carbons (Fsp3) is 0.160. The second kappa shape index (κ2) is 9.15. The van der Waals surface area contributed by atoms with Crippen LogP contribution >= 0.6 is 11.3 Å². The molecular formula is C25H23N7O2S. The van der Waals surface area contributed by atoms with Crippen molar-refractivity contribution in [3.8, 4) is 10.9 Å². The van der Waals surface area contributed by atoms with Crippen molar-refractivity contribution >= 4 is 44.9 Å². The van der Waals surface area contributed by atoms with Crippen molar-refractivity contribution in [2.75, 3.05) is 17.7 Å². The Morgan fingerprint density at radius 1 is 0.943 bits per heavy atom. The molecule has 0 bridgehead atoms. The molecule has 0 saturated carbocycles. The van der Waals surface area contributed by atoms with Crippen LogP contribution in [-0.2, 0) is 0 Å². The lowest BCUT2D eigenvalue weighted by atomic mass is 10.2. The zero-order valence-electron chi connectivity index (χ0n) is 19.7. The van der Waals surface area contributed by atoms with E-state index in [0.29, 0.717) is 28.1 Å². The van der Waals surface area contributed by atoms with Gasteiger partial charge in [-0.15, -0.1) is 0 Å². The minimum absolute atomic E-state index is 0.265. The van der Waals surface area contributed by atoms with E-state index >= 15 is 0 Å². The molecule has 0 fully saturated rings. The highest BCUT2D eigenvalue weighted by molar-refractivity contribution is 7.20. The third-order valence-electron chi connectivity index (χ3n) is 5.20. The molecule has 3 aromatic heterocycles. The average Bonchev–Trinajstić information content (AvgIpc) is 3.40. The molecule has 0 aliphatic heterocycles. The van der Waals surface area contributed by atoms with Crippen molar-refractivity contribution < 1.29 is 9.53 Å². The predicted molar refractivity (Wildman–Crippen MR) is 137 cm³/mol. The first-order chi connectivity index (χ1) is 16.9. The van der Waals surface area contributed by atoms with Gasteiger partial charge in [0.2, 0.25) is 11.1 Å². The fourth-order valence-corrected chi connectivity index (χ4v) is 4.64. The number of amides is 1. The van der Waals surface area contributed by atoms with Crippen molar-refractivity contribution in [3.63, 3.8) is 0 Å². The molecule has 0 aliphatic rings. The summed E-state index contributed by atoms with van der Waals surface area (Å²) in [5.41, 5.74) is 4.53. The molecule has 1 amide bonds. The summed E-state index contributed by atoms with van der Waals surface area (Å²) in [6, 6.07) is 16.6. The van der Waals surface area contributed by atoms with Crippen molar-refractivity contribution in [1.29, 1.82) is 0 Å². The molecule has 3 heterocycles. The molecule has 0 unspecified atom stereocenters. The zero-order valence-corrected chi connectivity index (χ0v) is 20.5. The molecule has 5 rings (SSSR count). The molecule has 176 valence electrons. The predicted octanol–water partition coefficient (Wildman–Crippen LogP) is 5.20. The number of aryl methyl sites for hydroxylation is 3. The Bertz CT molecular complexity index is 1540. The Labute approximate surface area is 205 Å². The van der Waals surface area contributed by atoms with Gasteiger partial charge in [-0.2, -0.15) is 9.78 Å². The van der Waals surface area contributed by atoms with Gasteiger partial charge in [0.15, 0.2) is 0 Å². The second-order valence-electron chi connectivity index (χ2n) is 8.05. The van der Waals surface area contributed by atoms with Crippen LogP contribution < -0.4 is 15.4 Å². The van der Waals surface area contributed by atoms with Crippen LogP contribution in [0.4, 0.5) is 17.5 Å². The van der Waals surface area contributed by atoms with Crippen LogP contribution in [0.3, 0.4) is 0 Å². The summed E-state index contributed by atoms with van der Waals surface area (Å²) >= 11 is 1.47. The lowest BCUT2D eigenvalue weighted by Crippen LogP contribution is -2.15. The first kappa shape index (κ1) is 22.5. The number of aromatic nitrogens is 5. The Kier molecular flexibility index (Phi) is 5.87. The maximum Gasteiger partial charge on any atom is 0.256 e. The summed E-state index contributed by atoms with van der Waals surface area (Å²) in [5.74, 6) is 1.52. The minimum atomic E-state index is -0.265. The molecule has 2 N–H and O–H groups in total. The molecule has 0 spiro atoms. The summed E-state index contributed by atoms with van der Waals surface area (Å²) < 4.78 is 7.93. The van der Waals surface area contributed by atoms with Gasteiger partial charge < -0.3 is 15.4 Å². The molecule has 2 aromatic carbocycles. The van der Waals surface area contributed by atoms with Crippen LogP contribution in [-0.4, -0.2) is 37.7 Å². The molecular weight excluding hydrogens is 462 g/mol. The number of nitrogens with zero attached hydrogens (tertiary/aromatic N) is 5. The molecule has 0 aliphatic carbocycles. The normalized spacial score (nSPS) is 11.0. The lowest BCUT2D eigenvalue weighted by molar-refractivity contribution is 0.102. The number of rotatable bonds is 6. The van der Waals surface area contributed by atoms with E-state index in [0.717, 1.165) is 33.0 Å². The number of fused-ring (bicyclic) bond motifs is 1. The first-order valence-electron chi connectivity index (χ1n) is 10.9. The van der Waals surface area contributed by atoms with Gasteiger partial charge >= 0.3 is 0 Å². The van der Waals surface area contributed by atoms with Gasteiger partial charge in [-0.25, -0.2) is 15.0 Å². The number of methoxy groups -OCH3 is 1. The van der Waals surface area contributed by atoms with E-state index in [1.54, 1.807) is 23.9 Å². The molecule has 10 heteroatoms. The van der Waals surface area contributed by atoms with E-state index in [1.807, 2.05) is 63.2 Å². The van der Waals surface area contributed by atoms with Gasteiger partial charge in [0, 0.05) is 28.7 Å². The lowest BCUT2D eigenvalue weighted by Gasteiger charge is -2.09. The van der Waals surface area contributed by atoms with Crippen LogP contribution in [0.5, 0.6) is 5.75 Å². The largest absolute Gasteiger partial charge is 0.497 e. The number of benzene rings is 2. The number of carbonyl (C=O) groups is 1. The topological polar surface area (TPSA) is 107 Å². The Balaban J connectivity index is 1.40. The monoisotopic (exact) mass is 485 g/mol. The number of ether oxygens (including phenoxy) is 1. The van der Waals surface area contributed by atoms with E-state index < -0.39 is 0 Å². The molecule has 9 nitrogen and oxygen atoms in total. The number of thiazole rings is 1. The Morgan fingerprint density at radius 3 is 2.51 bits per heavy atom. The zero-order chi connectivity index (χ0) is 24.5. The summed E-state index contributed by atoms with van der Waals surface area (Å²) in [6.45, 7) is 5.70. The number of hydrogen-bond donors (Lipinski definition) is 2. The highest BCUT2D eigenvalue weighted by Crippen LogP contribution is 2.30. The Hall–Kier alpha value is -4.31. The van der Waals surface area contributed by atoms with Gasteiger partial charge in [-0.05, 0) is 63.2 Å². The number of carbonyl (C=O) groups excluding carboxylic acids is 1. The van der Waals surface area contributed by atoms with Crippen molar-refractivity contribution in [1.82, 2.24) is 24.7 Å². The van der Waals surface area contributed by atoms with E-state index in [-0.39, 0.29) is 5.91 Å². The van der Waals surface area contributed by atoms with Crippen LogP contribution in [0.25, 0.3) is 15.3 Å². The van der Waals surface area contributed by atoms with Gasteiger partial charge in [-0.3, -0.25) is 4.79 Å². The van der Waals surface area contributed by atoms with Gasteiger partial charge in [0.1, 0.15) is 11.6 Å². The van der Waals surface area contributed by atoms with E-state index in [1.165, 1.54) is 11.3 Å². The summed E-state index contributed by atoms with van der Waals surface area (Å²) in [7, 11) is 1.63. The number of anilines is 3. The average molecular weight is 486 g/mol. The molecule has 0 radical (unpaired) electrons. The Morgan fingerprint density at radius 2 is 1.74 bits per heavy atom. The standard InChI is InChI=1S/C25H23N7O2S/c1-14-10-15(2)27-24(26-14)28-18-7-5-6-17(12-18)23(33)30-22-11-16(3)31-32(22)25-29-20-9-8-19(34-4)13-21(20)35-25/h5-13H,1-4H3,(H,30,33)(H,26,27,28). The quantitative estimate of drug-likeness (QED) is 0.340. The fourth-order valence-electron chi connectivity index (χ4n) is 3.68. The van der Waals surface area contributed by atoms with Crippen molar-refractivity contribution in [3.05, 3.63) is 77.2 Å². The van der Waals surface area contributed by atoms with E-state index in [4.69, 9.17) is 4.74 Å². The highest BCUT2D eigenvalue weighted by Gasteiger charge is 2.16. The number of hydrogen-bond acceptors (Lipinski definition) is 8. The van der Waals surface area contributed by atoms with Gasteiger partial charge in [-0.1, -0.05) is 17.4 Å². The van der Waals surface area contributed by atoms with Crippen molar-refractivity contribution in [2.45, 2.75) is 20.8 Å². The number of nitrogens with one attached hydrogen (secondary N) is 2. The minimum Gasteiger partial charge on any atom is -0.497 e. The summed E-state index contributed by atoms with van der Waals surface area (Å²) in [5, 5.41) is 11.3. The van der Waals surface area contributed by atoms with Crippen LogP contribution in [0.1, 0.15) is 27.4 Å². The maximum absolute atomic E-state index is 13.1. The molecule has 0 atom stereocenters. The SMILES string of the molecule is COc1ccc2nc(-n3nc(C)cc3NC(=O)c3cccc(Nc4nc(C)cc(C)n4)c3)sc2c1. The summed E-state index contributed by atoms with van der Waals surface area (Å²) in [6.07, 6.45) is 0. The van der Waals surface area contributed by atoms with Crippen LogP contribution in [0.2, 0.25) is 0 Å². The maximum atomic E-state index is 13.1. The van der Waals surface area contributed by atoms with Crippen LogP contribution in [0.15, 0.2) is 54.6 Å². The molecule has 0 saturated heterocycles. The van der Waals surface area contributed by atoms with Crippen molar-refractivity contribution in [2.24, 2.45) is 0 Å². The third-order valence-corrected chi connectivity index (χ3v) is 6.20. The van der Waals surface area contributed by atoms with E-state index in [9.17, 15) is 4.79 Å². The van der Waals surface area contributed by atoms with Gasteiger partial charge in [0.05, 0.1) is 23.0 Å². The van der Waals surface area contributed by atoms with Crippen LogP contribution in [0, 0.1) is 20.8 Å². The molecule has 35 heavy (non-hydrogen) atoms.